The molecule has 0 unspecified atom stereocenters. The topological polar surface area (TPSA) is 54.2 Å². The van der Waals surface area contributed by atoms with Crippen LogP contribution in [0.25, 0.3) is 0 Å². The van der Waals surface area contributed by atoms with E-state index in [4.69, 9.17) is 4.52 Å². The van der Waals surface area contributed by atoms with Gasteiger partial charge in [-0.15, -0.1) is 0 Å². The number of rotatable bonds is 5. The molecule has 0 radical (unpaired) electrons. The van der Waals surface area contributed by atoms with Gasteiger partial charge in [-0.1, -0.05) is 5.16 Å². The largest absolute Gasteiger partial charge is 0.339 e. The summed E-state index contributed by atoms with van der Waals surface area (Å²) in [6.45, 7) is 3.12. The number of likely N-dealkylation sites (N-methyl/N-ethyl adjacent to an activating group) is 1. The molecule has 1 N–H and O–H groups in total. The predicted octanol–water partition coefficient (Wildman–Crippen LogP) is -0.0644. The van der Waals surface area contributed by atoms with Gasteiger partial charge in [0.25, 0.3) is 0 Å². The van der Waals surface area contributed by atoms with E-state index in [1.807, 2.05) is 14.1 Å². The molecule has 2 rings (SSSR count). The Kier molecular flexibility index (Phi) is 3.33. The number of hydrogen-bond acceptors (Lipinski definition) is 5. The SMILES string of the molecule is CN(C)CCc1noc(CC2CNC2)n1. The molecular formula is C10H18N4O. The summed E-state index contributed by atoms with van der Waals surface area (Å²) in [5, 5.41) is 7.20. The van der Waals surface area contributed by atoms with Crippen molar-refractivity contribution in [2.75, 3.05) is 33.7 Å². The first-order valence-electron chi connectivity index (χ1n) is 5.41. The average molecular weight is 210 g/mol. The molecule has 0 aliphatic carbocycles. The van der Waals surface area contributed by atoms with Crippen LogP contribution in [0.5, 0.6) is 0 Å². The van der Waals surface area contributed by atoms with Crippen LogP contribution in [0.2, 0.25) is 0 Å². The third-order valence-corrected chi connectivity index (χ3v) is 2.62. The first-order chi connectivity index (χ1) is 7.24. The Balaban J connectivity index is 1.80. The second-order valence-corrected chi connectivity index (χ2v) is 4.39. The number of nitrogens with zero attached hydrogens (tertiary/aromatic N) is 3. The lowest BCUT2D eigenvalue weighted by molar-refractivity contribution is 0.294. The van der Waals surface area contributed by atoms with Crippen molar-refractivity contribution in [1.29, 1.82) is 0 Å². The van der Waals surface area contributed by atoms with Crippen molar-refractivity contribution < 1.29 is 4.52 Å². The molecule has 5 heteroatoms. The van der Waals surface area contributed by atoms with Crippen LogP contribution < -0.4 is 5.32 Å². The number of aromatic nitrogens is 2. The fourth-order valence-electron chi connectivity index (χ4n) is 1.54. The molecule has 15 heavy (non-hydrogen) atoms. The Hall–Kier alpha value is -0.940. The molecule has 0 aromatic carbocycles. The fraction of sp³-hybridized carbons (Fsp3) is 0.800. The van der Waals surface area contributed by atoms with Crippen LogP contribution in [0.1, 0.15) is 11.7 Å². The van der Waals surface area contributed by atoms with E-state index in [1.165, 1.54) is 0 Å². The summed E-state index contributed by atoms with van der Waals surface area (Å²) in [7, 11) is 4.09. The minimum atomic E-state index is 0.687. The maximum Gasteiger partial charge on any atom is 0.227 e. The Morgan fingerprint density at radius 3 is 2.87 bits per heavy atom. The van der Waals surface area contributed by atoms with Crippen molar-refractivity contribution >= 4 is 0 Å². The van der Waals surface area contributed by atoms with Crippen LogP contribution >= 0.6 is 0 Å². The van der Waals surface area contributed by atoms with Crippen LogP contribution in [0.3, 0.4) is 0 Å². The highest BCUT2D eigenvalue weighted by molar-refractivity contribution is 4.91. The van der Waals surface area contributed by atoms with E-state index in [2.05, 4.69) is 20.4 Å². The van der Waals surface area contributed by atoms with Crippen LogP contribution in [0.15, 0.2) is 4.52 Å². The van der Waals surface area contributed by atoms with Gasteiger partial charge in [-0.05, 0) is 33.1 Å². The summed E-state index contributed by atoms with van der Waals surface area (Å²) < 4.78 is 5.20. The van der Waals surface area contributed by atoms with E-state index in [-0.39, 0.29) is 0 Å². The molecule has 0 saturated carbocycles. The molecule has 1 fully saturated rings. The first kappa shape index (κ1) is 10.6. The predicted molar refractivity (Wildman–Crippen MR) is 56.6 cm³/mol. The Labute approximate surface area is 89.8 Å². The van der Waals surface area contributed by atoms with Crippen LogP contribution in [-0.4, -0.2) is 48.8 Å². The smallest absolute Gasteiger partial charge is 0.227 e. The lowest BCUT2D eigenvalue weighted by Crippen LogP contribution is -2.43. The molecule has 1 aliphatic heterocycles. The van der Waals surface area contributed by atoms with E-state index in [9.17, 15) is 0 Å². The van der Waals surface area contributed by atoms with Crippen molar-refractivity contribution in [3.63, 3.8) is 0 Å². The van der Waals surface area contributed by atoms with Gasteiger partial charge in [-0.2, -0.15) is 4.98 Å². The van der Waals surface area contributed by atoms with E-state index in [0.29, 0.717) is 5.92 Å². The standard InChI is InChI=1S/C10H18N4O/c1-14(2)4-3-9-12-10(15-13-9)5-8-6-11-7-8/h8,11H,3-7H2,1-2H3. The summed E-state index contributed by atoms with van der Waals surface area (Å²) >= 11 is 0. The fourth-order valence-corrected chi connectivity index (χ4v) is 1.54. The van der Waals surface area contributed by atoms with E-state index in [1.54, 1.807) is 0 Å². The molecule has 84 valence electrons. The van der Waals surface area contributed by atoms with Gasteiger partial charge in [0.15, 0.2) is 5.82 Å². The molecule has 1 saturated heterocycles. The van der Waals surface area contributed by atoms with Crippen molar-refractivity contribution in [2.24, 2.45) is 5.92 Å². The van der Waals surface area contributed by atoms with E-state index >= 15 is 0 Å². The van der Waals surface area contributed by atoms with Gasteiger partial charge < -0.3 is 14.7 Å². The molecule has 0 atom stereocenters. The zero-order chi connectivity index (χ0) is 10.7. The maximum absolute atomic E-state index is 5.20. The third-order valence-electron chi connectivity index (χ3n) is 2.62. The minimum absolute atomic E-state index is 0.687. The molecule has 0 amide bonds. The zero-order valence-electron chi connectivity index (χ0n) is 9.36. The van der Waals surface area contributed by atoms with Gasteiger partial charge in [0.05, 0.1) is 0 Å². The van der Waals surface area contributed by atoms with Gasteiger partial charge in [0.2, 0.25) is 5.89 Å². The van der Waals surface area contributed by atoms with Gasteiger partial charge in [-0.25, -0.2) is 0 Å². The summed E-state index contributed by atoms with van der Waals surface area (Å²) in [6, 6.07) is 0. The van der Waals surface area contributed by atoms with Crippen molar-refractivity contribution in [3.05, 3.63) is 11.7 Å². The van der Waals surface area contributed by atoms with Crippen molar-refractivity contribution in [1.82, 2.24) is 20.4 Å². The van der Waals surface area contributed by atoms with Crippen molar-refractivity contribution in [2.45, 2.75) is 12.8 Å². The van der Waals surface area contributed by atoms with E-state index in [0.717, 1.165) is 44.2 Å². The van der Waals surface area contributed by atoms with Crippen LogP contribution in [0.4, 0.5) is 0 Å². The maximum atomic E-state index is 5.20. The molecule has 0 bridgehead atoms. The van der Waals surface area contributed by atoms with Crippen molar-refractivity contribution in [3.8, 4) is 0 Å². The highest BCUT2D eigenvalue weighted by Crippen LogP contribution is 2.10. The molecule has 5 nitrogen and oxygen atoms in total. The van der Waals surface area contributed by atoms with Gasteiger partial charge in [-0.3, -0.25) is 0 Å². The lowest BCUT2D eigenvalue weighted by Gasteiger charge is -2.25. The second kappa shape index (κ2) is 4.72. The Bertz CT molecular complexity index is 306. The molecular weight excluding hydrogens is 192 g/mol. The number of hydrogen-bond donors (Lipinski definition) is 1. The minimum Gasteiger partial charge on any atom is -0.339 e. The normalized spacial score (nSPS) is 17.0. The van der Waals surface area contributed by atoms with E-state index < -0.39 is 0 Å². The second-order valence-electron chi connectivity index (χ2n) is 4.39. The van der Waals surface area contributed by atoms with Gasteiger partial charge >= 0.3 is 0 Å². The molecule has 1 aliphatic rings. The Morgan fingerprint density at radius 2 is 2.27 bits per heavy atom. The van der Waals surface area contributed by atoms with Crippen LogP contribution in [0, 0.1) is 5.92 Å². The Morgan fingerprint density at radius 1 is 1.47 bits per heavy atom. The summed E-state index contributed by atoms with van der Waals surface area (Å²) in [5.41, 5.74) is 0. The average Bonchev–Trinajstić information content (AvgIpc) is 2.56. The zero-order valence-corrected chi connectivity index (χ0v) is 9.36. The van der Waals surface area contributed by atoms with Gasteiger partial charge in [0.1, 0.15) is 0 Å². The lowest BCUT2D eigenvalue weighted by atomic mass is 10.00. The highest BCUT2D eigenvalue weighted by Gasteiger charge is 2.20. The summed E-state index contributed by atoms with van der Waals surface area (Å²) in [6.07, 6.45) is 1.78. The monoisotopic (exact) mass is 210 g/mol. The quantitative estimate of drug-likeness (QED) is 0.737. The summed E-state index contributed by atoms with van der Waals surface area (Å²) in [5.74, 6) is 2.30. The molecule has 2 heterocycles. The summed E-state index contributed by atoms with van der Waals surface area (Å²) in [4.78, 5) is 6.49. The molecule has 1 aromatic rings. The highest BCUT2D eigenvalue weighted by atomic mass is 16.5. The molecule has 0 spiro atoms. The molecule has 1 aromatic heterocycles. The third kappa shape index (κ3) is 3.00. The number of nitrogens with one attached hydrogen (secondary N) is 1. The van der Waals surface area contributed by atoms with Crippen LogP contribution in [-0.2, 0) is 12.8 Å². The first-order valence-corrected chi connectivity index (χ1v) is 5.41. The van der Waals surface area contributed by atoms with Gasteiger partial charge in [0, 0.05) is 19.4 Å².